The van der Waals surface area contributed by atoms with E-state index in [9.17, 15) is 29.7 Å². The highest BCUT2D eigenvalue weighted by Crippen LogP contribution is 2.23. The molecule has 1 aliphatic rings. The van der Waals surface area contributed by atoms with Crippen LogP contribution in [0.15, 0.2) is 60.7 Å². The molecular weight excluding hydrogens is 532 g/mol. The van der Waals surface area contributed by atoms with Crippen molar-refractivity contribution in [1.82, 2.24) is 9.80 Å². The molecule has 2 amide bonds. The van der Waals surface area contributed by atoms with Crippen molar-refractivity contribution >= 4 is 18.3 Å². The molecule has 0 aromatic heterocycles. The van der Waals surface area contributed by atoms with Gasteiger partial charge in [-0.25, -0.2) is 4.79 Å². The van der Waals surface area contributed by atoms with Gasteiger partial charge in [0.05, 0.1) is 19.8 Å². The molecule has 0 bridgehead atoms. The normalized spacial score (nSPS) is 17.7. The molecule has 0 radical (unpaired) electrons. The van der Waals surface area contributed by atoms with Crippen molar-refractivity contribution in [3.63, 3.8) is 0 Å². The van der Waals surface area contributed by atoms with Crippen LogP contribution in [0, 0.1) is 0 Å². The molecule has 224 valence electrons. The third-order valence-electron chi connectivity index (χ3n) is 6.54. The minimum absolute atomic E-state index is 0.0713. The molecule has 3 N–H and O–H groups in total. The van der Waals surface area contributed by atoms with Crippen LogP contribution in [0.4, 0.5) is 4.79 Å². The van der Waals surface area contributed by atoms with E-state index in [0.717, 1.165) is 5.56 Å². The lowest BCUT2D eigenvalue weighted by atomic mass is 9.91. The van der Waals surface area contributed by atoms with Gasteiger partial charge in [0.15, 0.2) is 18.0 Å². The predicted octanol–water partition coefficient (Wildman–Crippen LogP) is 1.52. The number of carbonyl (C=O) groups is 3. The first-order chi connectivity index (χ1) is 19.4. The molecular formula is C30H40N2O9. The van der Waals surface area contributed by atoms with Crippen LogP contribution in [0.25, 0.3) is 0 Å². The fourth-order valence-electron chi connectivity index (χ4n) is 4.32. The number of ether oxygens (including phenoxy) is 3. The summed E-state index contributed by atoms with van der Waals surface area (Å²) in [5, 5.41) is 33.3. The van der Waals surface area contributed by atoms with Crippen molar-refractivity contribution in [1.29, 1.82) is 0 Å². The Morgan fingerprint density at radius 2 is 1.39 bits per heavy atom. The standard InChI is InChI=1S/C30H40N2O9/c1-29(2,3)41-28(37)32-16-14-31(15-17-32)27(36)25(35)24(34)26(40-19-23-12-8-5-9-13-23)30(38,20-33)21-39-18-22-10-6-4-7-11-22/h4-13,20,24-26,34-35,38H,14-19,21H2,1-3H3/t24-,25-,26+,30+/m1/s1. The summed E-state index contributed by atoms with van der Waals surface area (Å²) in [6, 6.07) is 17.9. The fraction of sp³-hybridized carbons (Fsp3) is 0.500. The number of hydrogen-bond acceptors (Lipinski definition) is 9. The number of hydrogen-bond donors (Lipinski definition) is 3. The van der Waals surface area contributed by atoms with E-state index in [1.54, 1.807) is 51.1 Å². The van der Waals surface area contributed by atoms with Crippen molar-refractivity contribution in [2.24, 2.45) is 0 Å². The van der Waals surface area contributed by atoms with Crippen LogP contribution in [-0.2, 0) is 37.0 Å². The Morgan fingerprint density at radius 1 is 0.878 bits per heavy atom. The van der Waals surface area contributed by atoms with Crippen LogP contribution >= 0.6 is 0 Å². The average molecular weight is 573 g/mol. The average Bonchev–Trinajstić information content (AvgIpc) is 2.96. The van der Waals surface area contributed by atoms with E-state index in [-0.39, 0.29) is 45.7 Å². The zero-order valence-corrected chi connectivity index (χ0v) is 23.7. The zero-order chi connectivity index (χ0) is 30.0. The molecule has 11 heteroatoms. The Labute approximate surface area is 240 Å². The summed E-state index contributed by atoms with van der Waals surface area (Å²) in [7, 11) is 0. The van der Waals surface area contributed by atoms with Gasteiger partial charge in [0, 0.05) is 26.2 Å². The van der Waals surface area contributed by atoms with E-state index in [1.165, 1.54) is 9.80 Å². The molecule has 0 spiro atoms. The Morgan fingerprint density at radius 3 is 1.90 bits per heavy atom. The molecule has 3 rings (SSSR count). The number of rotatable bonds is 12. The fourth-order valence-corrected chi connectivity index (χ4v) is 4.32. The van der Waals surface area contributed by atoms with Crippen LogP contribution in [0.2, 0.25) is 0 Å². The lowest BCUT2D eigenvalue weighted by Crippen LogP contribution is -2.61. The maximum atomic E-state index is 13.2. The molecule has 1 fully saturated rings. The molecule has 2 aromatic carbocycles. The van der Waals surface area contributed by atoms with E-state index < -0.39 is 48.1 Å². The molecule has 2 aromatic rings. The third kappa shape index (κ3) is 9.34. The highest BCUT2D eigenvalue weighted by molar-refractivity contribution is 5.82. The number of amides is 2. The number of aldehydes is 1. The molecule has 1 aliphatic heterocycles. The molecule has 0 aliphatic carbocycles. The van der Waals surface area contributed by atoms with Crippen molar-refractivity contribution < 1.29 is 43.9 Å². The van der Waals surface area contributed by atoms with Crippen LogP contribution in [0.1, 0.15) is 31.9 Å². The highest BCUT2D eigenvalue weighted by Gasteiger charge is 2.47. The molecule has 0 saturated carbocycles. The van der Waals surface area contributed by atoms with E-state index in [2.05, 4.69) is 0 Å². The number of piperazine rings is 1. The smallest absolute Gasteiger partial charge is 0.410 e. The van der Waals surface area contributed by atoms with E-state index in [4.69, 9.17) is 14.2 Å². The lowest BCUT2D eigenvalue weighted by Gasteiger charge is -2.39. The molecule has 0 unspecified atom stereocenters. The topological polar surface area (TPSA) is 146 Å². The quantitative estimate of drug-likeness (QED) is 0.322. The number of nitrogens with zero attached hydrogens (tertiary/aromatic N) is 2. The predicted molar refractivity (Wildman–Crippen MR) is 149 cm³/mol. The second-order valence-electron chi connectivity index (χ2n) is 11.0. The van der Waals surface area contributed by atoms with Gasteiger partial charge in [-0.1, -0.05) is 60.7 Å². The van der Waals surface area contributed by atoms with Gasteiger partial charge in [0.2, 0.25) is 0 Å². The molecule has 1 saturated heterocycles. The number of benzene rings is 2. The van der Waals surface area contributed by atoms with Crippen LogP contribution in [0.5, 0.6) is 0 Å². The first-order valence-electron chi connectivity index (χ1n) is 13.5. The summed E-state index contributed by atoms with van der Waals surface area (Å²) in [6.07, 6.45) is -6.03. The first kappa shape index (κ1) is 32.2. The van der Waals surface area contributed by atoms with E-state index >= 15 is 0 Å². The Hall–Kier alpha value is -3.35. The highest BCUT2D eigenvalue weighted by atomic mass is 16.6. The summed E-state index contributed by atoms with van der Waals surface area (Å²) in [5.74, 6) is -0.826. The van der Waals surface area contributed by atoms with Gasteiger partial charge in [-0.05, 0) is 31.9 Å². The summed E-state index contributed by atoms with van der Waals surface area (Å²) in [4.78, 5) is 40.4. The molecule has 41 heavy (non-hydrogen) atoms. The first-order valence-corrected chi connectivity index (χ1v) is 13.5. The van der Waals surface area contributed by atoms with Crippen LogP contribution in [0.3, 0.4) is 0 Å². The van der Waals surface area contributed by atoms with Crippen LogP contribution in [-0.4, -0.2) is 106 Å². The second kappa shape index (κ2) is 14.5. The maximum Gasteiger partial charge on any atom is 0.410 e. The van der Waals surface area contributed by atoms with Gasteiger partial charge in [-0.3, -0.25) is 9.59 Å². The molecule has 11 nitrogen and oxygen atoms in total. The summed E-state index contributed by atoms with van der Waals surface area (Å²) in [6.45, 7) is 5.19. The van der Waals surface area contributed by atoms with E-state index in [1.807, 2.05) is 30.3 Å². The largest absolute Gasteiger partial charge is 0.444 e. The number of carbonyl (C=O) groups excluding carboxylic acids is 3. The van der Waals surface area contributed by atoms with Gasteiger partial charge in [0.25, 0.3) is 5.91 Å². The third-order valence-corrected chi connectivity index (χ3v) is 6.54. The second-order valence-corrected chi connectivity index (χ2v) is 11.0. The minimum Gasteiger partial charge on any atom is -0.444 e. The Bertz CT molecular complexity index is 1120. The SMILES string of the molecule is CC(C)(C)OC(=O)N1CCN(C(=O)[C@H](O)[C@@H](O)[C@H](OCc2ccccc2)[C@](O)(C=O)COCc2ccccc2)CC1. The van der Waals surface area contributed by atoms with Gasteiger partial charge < -0.3 is 39.3 Å². The molecule has 1 heterocycles. The lowest BCUT2D eigenvalue weighted by molar-refractivity contribution is -0.199. The van der Waals surface area contributed by atoms with Crippen molar-refractivity contribution in [3.8, 4) is 0 Å². The van der Waals surface area contributed by atoms with Gasteiger partial charge in [0.1, 0.15) is 17.8 Å². The number of aliphatic hydroxyl groups is 3. The number of aliphatic hydroxyl groups excluding tert-OH is 2. The zero-order valence-electron chi connectivity index (χ0n) is 23.7. The summed E-state index contributed by atoms with van der Waals surface area (Å²) < 4.78 is 16.7. The van der Waals surface area contributed by atoms with Crippen molar-refractivity contribution in [2.45, 2.75) is 63.5 Å². The Kier molecular flexibility index (Phi) is 11.4. The van der Waals surface area contributed by atoms with Gasteiger partial charge in [-0.2, -0.15) is 0 Å². The van der Waals surface area contributed by atoms with E-state index in [0.29, 0.717) is 5.56 Å². The monoisotopic (exact) mass is 572 g/mol. The summed E-state index contributed by atoms with van der Waals surface area (Å²) in [5.41, 5.74) is -1.58. The Balaban J connectivity index is 1.70. The van der Waals surface area contributed by atoms with Crippen molar-refractivity contribution in [3.05, 3.63) is 71.8 Å². The molecule has 4 atom stereocenters. The minimum atomic E-state index is -2.39. The maximum absolute atomic E-state index is 13.2. The van der Waals surface area contributed by atoms with Gasteiger partial charge >= 0.3 is 6.09 Å². The van der Waals surface area contributed by atoms with Crippen LogP contribution < -0.4 is 0 Å². The summed E-state index contributed by atoms with van der Waals surface area (Å²) >= 11 is 0. The van der Waals surface area contributed by atoms with Crippen molar-refractivity contribution in [2.75, 3.05) is 32.8 Å². The van der Waals surface area contributed by atoms with Gasteiger partial charge in [-0.15, -0.1) is 0 Å².